The summed E-state index contributed by atoms with van der Waals surface area (Å²) in [5.41, 5.74) is 0. The molecule has 0 radical (unpaired) electrons. The van der Waals surface area contributed by atoms with E-state index in [0.29, 0.717) is 13.0 Å². The van der Waals surface area contributed by atoms with Crippen LogP contribution < -0.4 is 0 Å². The van der Waals surface area contributed by atoms with Crippen molar-refractivity contribution in [3.05, 3.63) is 0 Å². The average Bonchev–Trinajstić information content (AvgIpc) is 2.17. The van der Waals surface area contributed by atoms with Gasteiger partial charge in [-0.25, -0.2) is 0 Å². The maximum Gasteiger partial charge on any atom is 0.314 e. The molecule has 0 aromatic rings. The highest BCUT2D eigenvalue weighted by Gasteiger charge is 2.39. The molecule has 0 aromatic carbocycles. The van der Waals surface area contributed by atoms with Gasteiger partial charge in [-0.3, -0.25) is 0 Å². The fourth-order valence-electron chi connectivity index (χ4n) is 2.18. The predicted molar refractivity (Wildman–Crippen MR) is 92.4 cm³/mol. The van der Waals surface area contributed by atoms with Crippen molar-refractivity contribution in [3.8, 4) is 0 Å². The lowest BCUT2D eigenvalue weighted by Crippen LogP contribution is -2.52. The van der Waals surface area contributed by atoms with Gasteiger partial charge in [-0.1, -0.05) is 0 Å². The first kappa shape index (κ1) is 20.5. The second-order valence-electron chi connectivity index (χ2n) is 7.36. The van der Waals surface area contributed by atoms with Gasteiger partial charge in [0.25, 0.3) is 0 Å². The quantitative estimate of drug-likeness (QED) is 0.462. The van der Waals surface area contributed by atoms with E-state index in [2.05, 4.69) is 45.8 Å². The summed E-state index contributed by atoms with van der Waals surface area (Å²) in [5.74, 6) is 0. The number of ether oxygens (including phenoxy) is 1. The van der Waals surface area contributed by atoms with Crippen molar-refractivity contribution in [2.24, 2.45) is 0 Å². The van der Waals surface area contributed by atoms with Crippen molar-refractivity contribution < 1.29 is 18.1 Å². The van der Waals surface area contributed by atoms with Crippen LogP contribution in [0.4, 0.5) is 0 Å². The van der Waals surface area contributed by atoms with Crippen molar-refractivity contribution in [3.63, 3.8) is 0 Å². The summed E-state index contributed by atoms with van der Waals surface area (Å²) in [4.78, 5) is 0. The Kier molecular flexibility index (Phi) is 9.03. The fraction of sp³-hybridized carbons (Fsp3) is 1.00. The van der Waals surface area contributed by atoms with E-state index in [1.165, 1.54) is 0 Å². The molecule has 0 atom stereocenters. The van der Waals surface area contributed by atoms with Gasteiger partial charge in [-0.15, -0.1) is 0 Å². The Bertz CT molecular complexity index is 245. The van der Waals surface area contributed by atoms with Crippen molar-refractivity contribution in [1.29, 1.82) is 0 Å². The van der Waals surface area contributed by atoms with Gasteiger partial charge in [0.05, 0.1) is 0 Å². The highest BCUT2D eigenvalue weighted by Crippen LogP contribution is 2.25. The van der Waals surface area contributed by atoms with Crippen LogP contribution in [0.1, 0.15) is 12.8 Å². The fourth-order valence-corrected chi connectivity index (χ4v) is 14.7. The Labute approximate surface area is 128 Å². The summed E-state index contributed by atoms with van der Waals surface area (Å²) >= 11 is 0. The molecule has 0 bridgehead atoms. The topological polar surface area (TPSA) is 47.9 Å². The van der Waals surface area contributed by atoms with Gasteiger partial charge in [-0.05, 0) is 64.7 Å². The molecule has 0 unspecified atom stereocenters. The van der Waals surface area contributed by atoms with Crippen LogP contribution >= 0.6 is 0 Å². The predicted octanol–water partition coefficient (Wildman–Crippen LogP) is 3.55. The molecule has 0 saturated heterocycles. The Morgan fingerprint density at radius 1 is 0.750 bits per heavy atom. The van der Waals surface area contributed by atoms with Gasteiger partial charge in [0.2, 0.25) is 0 Å². The number of hydrogen-bond donors (Lipinski definition) is 1. The average molecular weight is 339 g/mol. The standard InChI is InChI=1S/C13H34O4Si3/c1-18(2,3)16-20(7,17-19(4,5)6)13-9-12-15-11-8-10-14/h14H,8-13H2,1-7H3. The van der Waals surface area contributed by atoms with E-state index in [1.807, 2.05) is 0 Å². The third kappa shape index (κ3) is 12.2. The molecule has 0 aliphatic heterocycles. The minimum absolute atomic E-state index is 0.198. The summed E-state index contributed by atoms with van der Waals surface area (Å²) in [7, 11) is -5.27. The maximum absolute atomic E-state index is 8.70. The molecule has 4 nitrogen and oxygen atoms in total. The Morgan fingerprint density at radius 2 is 1.20 bits per heavy atom. The zero-order chi connectivity index (χ0) is 15.9. The van der Waals surface area contributed by atoms with Gasteiger partial charge in [0.1, 0.15) is 0 Å². The molecule has 122 valence electrons. The largest absolute Gasteiger partial charge is 0.437 e. The molecule has 7 heteroatoms. The van der Waals surface area contributed by atoms with Crippen LogP contribution in [-0.4, -0.2) is 50.1 Å². The van der Waals surface area contributed by atoms with Crippen molar-refractivity contribution in [1.82, 2.24) is 0 Å². The van der Waals surface area contributed by atoms with Gasteiger partial charge in [0.15, 0.2) is 16.6 Å². The molecule has 0 rings (SSSR count). The van der Waals surface area contributed by atoms with Crippen molar-refractivity contribution in [2.45, 2.75) is 64.7 Å². The lowest BCUT2D eigenvalue weighted by molar-refractivity contribution is 0.115. The molecule has 0 amide bonds. The van der Waals surface area contributed by atoms with Crippen LogP contribution in [0.3, 0.4) is 0 Å². The first-order valence-corrected chi connectivity index (χ1v) is 16.9. The number of aliphatic hydroxyl groups excluding tert-OH is 1. The van der Waals surface area contributed by atoms with E-state index in [4.69, 9.17) is 18.1 Å². The molecule has 0 aromatic heterocycles. The third-order valence-corrected chi connectivity index (χ3v) is 12.0. The van der Waals surface area contributed by atoms with Crippen molar-refractivity contribution in [2.75, 3.05) is 19.8 Å². The molecule has 0 saturated carbocycles. The molecule has 0 heterocycles. The molecular formula is C13H34O4Si3. The number of rotatable bonds is 11. The summed E-state index contributed by atoms with van der Waals surface area (Å²) in [6, 6.07) is 0.987. The molecule has 0 aliphatic carbocycles. The first-order chi connectivity index (χ1) is 8.97. The molecule has 0 spiro atoms. The number of hydrogen-bond acceptors (Lipinski definition) is 4. The SMILES string of the molecule is C[Si](C)(C)O[Si](C)(CCCOCCCO)O[Si](C)(C)C. The zero-order valence-electron chi connectivity index (χ0n) is 14.4. The minimum atomic E-state index is -2.09. The minimum Gasteiger partial charge on any atom is -0.437 e. The second-order valence-corrected chi connectivity index (χ2v) is 20.2. The van der Waals surface area contributed by atoms with Gasteiger partial charge < -0.3 is 18.1 Å². The van der Waals surface area contributed by atoms with E-state index in [-0.39, 0.29) is 6.61 Å². The van der Waals surface area contributed by atoms with E-state index < -0.39 is 25.2 Å². The van der Waals surface area contributed by atoms with E-state index in [9.17, 15) is 0 Å². The van der Waals surface area contributed by atoms with Crippen LogP contribution in [0.5, 0.6) is 0 Å². The molecule has 0 aliphatic rings. The molecule has 20 heavy (non-hydrogen) atoms. The van der Waals surface area contributed by atoms with Crippen LogP contribution in [-0.2, 0) is 13.0 Å². The molecule has 1 N–H and O–H groups in total. The highest BCUT2D eigenvalue weighted by atomic mass is 28.5. The summed E-state index contributed by atoms with van der Waals surface area (Å²) < 4.78 is 18.4. The van der Waals surface area contributed by atoms with Crippen molar-refractivity contribution >= 4 is 25.2 Å². The van der Waals surface area contributed by atoms with E-state index >= 15 is 0 Å². The van der Waals surface area contributed by atoms with Gasteiger partial charge >= 0.3 is 8.56 Å². The zero-order valence-corrected chi connectivity index (χ0v) is 17.4. The first-order valence-electron chi connectivity index (χ1n) is 7.56. The van der Waals surface area contributed by atoms with Gasteiger partial charge in [-0.2, -0.15) is 0 Å². The monoisotopic (exact) mass is 338 g/mol. The molecular weight excluding hydrogens is 304 g/mol. The number of aliphatic hydroxyl groups is 1. The third-order valence-electron chi connectivity index (χ3n) is 2.41. The summed E-state index contributed by atoms with van der Waals surface area (Å²) in [5, 5.41) is 8.70. The normalized spacial score (nSPS) is 13.8. The molecule has 0 fully saturated rings. The lowest BCUT2D eigenvalue weighted by Gasteiger charge is -2.38. The van der Waals surface area contributed by atoms with Crippen LogP contribution in [0.25, 0.3) is 0 Å². The van der Waals surface area contributed by atoms with E-state index in [1.54, 1.807) is 0 Å². The summed E-state index contributed by atoms with van der Waals surface area (Å²) in [6.07, 6.45) is 1.69. The van der Waals surface area contributed by atoms with Gasteiger partial charge in [0, 0.05) is 19.8 Å². The Hall–Kier alpha value is 0.491. The second kappa shape index (κ2) is 8.82. The lowest BCUT2D eigenvalue weighted by atomic mass is 10.5. The highest BCUT2D eigenvalue weighted by molar-refractivity contribution is 6.87. The van der Waals surface area contributed by atoms with Crippen LogP contribution in [0, 0.1) is 0 Å². The Morgan fingerprint density at radius 3 is 1.60 bits per heavy atom. The summed E-state index contributed by atoms with van der Waals surface area (Å²) in [6.45, 7) is 17.1. The van der Waals surface area contributed by atoms with Crippen LogP contribution in [0.15, 0.2) is 0 Å². The van der Waals surface area contributed by atoms with E-state index in [0.717, 1.165) is 19.1 Å². The van der Waals surface area contributed by atoms with Crippen LogP contribution in [0.2, 0.25) is 51.9 Å². The smallest absolute Gasteiger partial charge is 0.314 e. The Balaban J connectivity index is 4.32. The maximum atomic E-state index is 8.70.